The highest BCUT2D eigenvalue weighted by molar-refractivity contribution is 5.78. The predicted molar refractivity (Wildman–Crippen MR) is 53.9 cm³/mol. The molecule has 1 fully saturated rings. The van der Waals surface area contributed by atoms with E-state index in [0.717, 1.165) is 19.3 Å². The molecule has 0 spiro atoms. The van der Waals surface area contributed by atoms with Crippen LogP contribution in [0.2, 0.25) is 0 Å². The summed E-state index contributed by atoms with van der Waals surface area (Å²) in [5.41, 5.74) is 0. The van der Waals surface area contributed by atoms with Crippen molar-refractivity contribution in [2.45, 2.75) is 38.4 Å². The predicted octanol–water partition coefficient (Wildman–Crippen LogP) is 1.44. The molecule has 0 heterocycles. The molecule has 0 saturated heterocycles. The van der Waals surface area contributed by atoms with Gasteiger partial charge in [-0.25, -0.2) is 0 Å². The number of carbonyl (C=O) groups excluding carboxylic acids is 1. The van der Waals surface area contributed by atoms with Crippen LogP contribution in [0, 0.1) is 5.92 Å². The number of rotatable bonds is 6. The van der Waals surface area contributed by atoms with Gasteiger partial charge in [-0.2, -0.15) is 13.2 Å². The standard InChI is InChI=1S/C10H17F3N2O/c1-2-3-7-4-8(7)15-9(16)5-14-6-10(11,12)13/h7-8,14H,2-6H2,1H3,(H,15,16). The second-order valence-electron chi connectivity index (χ2n) is 4.18. The lowest BCUT2D eigenvalue weighted by Crippen LogP contribution is -2.39. The molecule has 1 saturated carbocycles. The molecule has 0 aromatic rings. The maximum Gasteiger partial charge on any atom is 0.401 e. The quantitative estimate of drug-likeness (QED) is 0.735. The zero-order chi connectivity index (χ0) is 12.2. The molecule has 0 radical (unpaired) electrons. The summed E-state index contributed by atoms with van der Waals surface area (Å²) in [4.78, 5) is 11.2. The van der Waals surface area contributed by atoms with Crippen LogP contribution in [0.1, 0.15) is 26.2 Å². The smallest absolute Gasteiger partial charge is 0.352 e. The van der Waals surface area contributed by atoms with Crippen molar-refractivity contribution >= 4 is 5.91 Å². The molecule has 16 heavy (non-hydrogen) atoms. The van der Waals surface area contributed by atoms with Crippen LogP contribution in [0.3, 0.4) is 0 Å². The lowest BCUT2D eigenvalue weighted by atomic mass is 10.2. The number of hydrogen-bond acceptors (Lipinski definition) is 2. The van der Waals surface area contributed by atoms with E-state index in [1.165, 1.54) is 0 Å². The Morgan fingerprint density at radius 1 is 1.44 bits per heavy atom. The Kier molecular flexibility index (Phi) is 4.58. The lowest BCUT2D eigenvalue weighted by molar-refractivity contribution is -0.128. The van der Waals surface area contributed by atoms with E-state index in [-0.39, 0.29) is 18.5 Å². The average Bonchev–Trinajstić information content (AvgIpc) is 2.81. The van der Waals surface area contributed by atoms with Crippen LogP contribution >= 0.6 is 0 Å². The van der Waals surface area contributed by atoms with Crippen LogP contribution in [0.15, 0.2) is 0 Å². The molecule has 0 bridgehead atoms. The van der Waals surface area contributed by atoms with Crippen molar-refractivity contribution < 1.29 is 18.0 Å². The van der Waals surface area contributed by atoms with Crippen molar-refractivity contribution in [3.63, 3.8) is 0 Å². The first-order valence-corrected chi connectivity index (χ1v) is 5.49. The van der Waals surface area contributed by atoms with Crippen molar-refractivity contribution in [1.29, 1.82) is 0 Å². The van der Waals surface area contributed by atoms with Crippen molar-refractivity contribution in [2.75, 3.05) is 13.1 Å². The summed E-state index contributed by atoms with van der Waals surface area (Å²) in [6.45, 7) is 0.681. The number of nitrogens with one attached hydrogen (secondary N) is 2. The van der Waals surface area contributed by atoms with Crippen molar-refractivity contribution in [3.05, 3.63) is 0 Å². The summed E-state index contributed by atoms with van der Waals surface area (Å²) >= 11 is 0. The lowest BCUT2D eigenvalue weighted by Gasteiger charge is -2.08. The summed E-state index contributed by atoms with van der Waals surface area (Å²) < 4.78 is 35.2. The van der Waals surface area contributed by atoms with Gasteiger partial charge in [0.05, 0.1) is 13.1 Å². The van der Waals surface area contributed by atoms with Gasteiger partial charge in [-0.1, -0.05) is 13.3 Å². The van der Waals surface area contributed by atoms with Crippen LogP contribution in [-0.2, 0) is 4.79 Å². The minimum absolute atomic E-state index is 0.181. The van der Waals surface area contributed by atoms with E-state index in [0.29, 0.717) is 5.92 Å². The van der Waals surface area contributed by atoms with Gasteiger partial charge in [-0.15, -0.1) is 0 Å². The van der Waals surface area contributed by atoms with Crippen LogP contribution in [0.4, 0.5) is 13.2 Å². The summed E-state index contributed by atoms with van der Waals surface area (Å²) in [5, 5.41) is 4.77. The molecule has 94 valence electrons. The molecule has 2 atom stereocenters. The van der Waals surface area contributed by atoms with E-state index in [2.05, 4.69) is 17.6 Å². The van der Waals surface area contributed by atoms with E-state index >= 15 is 0 Å². The monoisotopic (exact) mass is 238 g/mol. The second kappa shape index (κ2) is 5.52. The van der Waals surface area contributed by atoms with Crippen LogP contribution in [0.5, 0.6) is 0 Å². The largest absolute Gasteiger partial charge is 0.401 e. The fourth-order valence-corrected chi connectivity index (χ4v) is 1.69. The highest BCUT2D eigenvalue weighted by atomic mass is 19.4. The fraction of sp³-hybridized carbons (Fsp3) is 0.900. The van der Waals surface area contributed by atoms with Crippen LogP contribution < -0.4 is 10.6 Å². The van der Waals surface area contributed by atoms with Gasteiger partial charge in [0.1, 0.15) is 0 Å². The number of carbonyl (C=O) groups is 1. The van der Waals surface area contributed by atoms with Crippen LogP contribution in [0.25, 0.3) is 0 Å². The van der Waals surface area contributed by atoms with E-state index in [1.54, 1.807) is 0 Å². The zero-order valence-corrected chi connectivity index (χ0v) is 9.23. The molecular weight excluding hydrogens is 221 g/mol. The Hall–Kier alpha value is -0.780. The molecular formula is C10H17F3N2O. The highest BCUT2D eigenvalue weighted by Gasteiger charge is 2.37. The number of hydrogen-bond donors (Lipinski definition) is 2. The van der Waals surface area contributed by atoms with Crippen molar-refractivity contribution in [3.8, 4) is 0 Å². The van der Waals surface area contributed by atoms with E-state index in [9.17, 15) is 18.0 Å². The number of halogens is 3. The van der Waals surface area contributed by atoms with E-state index in [4.69, 9.17) is 0 Å². The molecule has 3 nitrogen and oxygen atoms in total. The normalized spacial score (nSPS) is 24.2. The summed E-state index contributed by atoms with van der Waals surface area (Å²) in [6, 6.07) is 0.181. The van der Waals surface area contributed by atoms with E-state index < -0.39 is 12.7 Å². The molecule has 1 aliphatic rings. The average molecular weight is 238 g/mol. The van der Waals surface area contributed by atoms with Gasteiger partial charge in [0.25, 0.3) is 0 Å². The minimum atomic E-state index is -4.26. The molecule has 1 rings (SSSR count). The Balaban J connectivity index is 2.04. The summed E-state index contributed by atoms with van der Waals surface area (Å²) in [6.07, 6.45) is -1.16. The maximum absolute atomic E-state index is 11.7. The molecule has 2 N–H and O–H groups in total. The zero-order valence-electron chi connectivity index (χ0n) is 9.23. The first kappa shape index (κ1) is 13.3. The topological polar surface area (TPSA) is 41.1 Å². The third-order valence-electron chi connectivity index (χ3n) is 2.54. The Morgan fingerprint density at radius 2 is 2.12 bits per heavy atom. The van der Waals surface area contributed by atoms with Gasteiger partial charge in [-0.05, 0) is 18.8 Å². The third-order valence-corrected chi connectivity index (χ3v) is 2.54. The Labute approximate surface area is 92.8 Å². The van der Waals surface area contributed by atoms with Crippen molar-refractivity contribution in [2.24, 2.45) is 5.92 Å². The first-order chi connectivity index (χ1) is 7.42. The van der Waals surface area contributed by atoms with E-state index in [1.807, 2.05) is 0 Å². The fourth-order valence-electron chi connectivity index (χ4n) is 1.69. The molecule has 0 aromatic heterocycles. The highest BCUT2D eigenvalue weighted by Crippen LogP contribution is 2.34. The first-order valence-electron chi connectivity index (χ1n) is 5.49. The van der Waals surface area contributed by atoms with Crippen molar-refractivity contribution in [1.82, 2.24) is 10.6 Å². The Bertz CT molecular complexity index is 243. The maximum atomic E-state index is 11.7. The molecule has 0 aromatic carbocycles. The Morgan fingerprint density at radius 3 is 2.69 bits per heavy atom. The van der Waals surface area contributed by atoms with Gasteiger partial charge in [0.2, 0.25) is 5.91 Å². The SMILES string of the molecule is CCCC1CC1NC(=O)CNCC(F)(F)F. The van der Waals surface area contributed by atoms with Gasteiger partial charge in [0, 0.05) is 6.04 Å². The summed E-state index contributed by atoms with van der Waals surface area (Å²) in [7, 11) is 0. The number of alkyl halides is 3. The number of amides is 1. The van der Waals surface area contributed by atoms with Gasteiger partial charge < -0.3 is 10.6 Å². The van der Waals surface area contributed by atoms with Gasteiger partial charge in [-0.3, -0.25) is 4.79 Å². The molecule has 2 unspecified atom stereocenters. The molecule has 6 heteroatoms. The third kappa shape index (κ3) is 5.34. The van der Waals surface area contributed by atoms with Gasteiger partial charge in [0.15, 0.2) is 0 Å². The van der Waals surface area contributed by atoms with Gasteiger partial charge >= 0.3 is 6.18 Å². The molecule has 0 aliphatic heterocycles. The minimum Gasteiger partial charge on any atom is -0.352 e. The molecule has 1 amide bonds. The summed E-state index contributed by atoms with van der Waals surface area (Å²) in [5.74, 6) is 0.171. The second-order valence-corrected chi connectivity index (χ2v) is 4.18. The molecule has 1 aliphatic carbocycles. The van der Waals surface area contributed by atoms with Crippen LogP contribution in [-0.4, -0.2) is 31.2 Å².